The fourth-order valence-corrected chi connectivity index (χ4v) is 1.99. The van der Waals surface area contributed by atoms with Gasteiger partial charge in [0.1, 0.15) is 0 Å². The molecule has 2 atom stereocenters. The van der Waals surface area contributed by atoms with E-state index in [1.54, 1.807) is 0 Å². The van der Waals surface area contributed by atoms with E-state index in [1.165, 1.54) is 0 Å². The first kappa shape index (κ1) is 7.10. The molecule has 58 valence electrons. The molecule has 0 aromatic carbocycles. The van der Waals surface area contributed by atoms with Gasteiger partial charge in [0.15, 0.2) is 0 Å². The first-order chi connectivity index (χ1) is 5.25. The van der Waals surface area contributed by atoms with Crippen molar-refractivity contribution in [1.82, 2.24) is 5.32 Å². The molecule has 1 aliphatic heterocycles. The lowest BCUT2D eigenvalue weighted by Crippen LogP contribution is -2.27. The van der Waals surface area contributed by atoms with Gasteiger partial charge < -0.3 is 5.32 Å². The highest BCUT2D eigenvalue weighted by molar-refractivity contribution is 9.11. The van der Waals surface area contributed by atoms with Crippen LogP contribution in [0.1, 0.15) is 6.42 Å². The van der Waals surface area contributed by atoms with Gasteiger partial charge in [0.2, 0.25) is 5.91 Å². The molecule has 1 amide bonds. The molecule has 0 aromatic heterocycles. The second kappa shape index (κ2) is 2.48. The zero-order valence-corrected chi connectivity index (χ0v) is 7.47. The lowest BCUT2D eigenvalue weighted by molar-refractivity contribution is -0.119. The summed E-state index contributed by atoms with van der Waals surface area (Å²) in [6, 6.07) is 0.240. The average Bonchev–Trinajstić information content (AvgIpc) is 2.27. The summed E-state index contributed by atoms with van der Waals surface area (Å²) < 4.78 is 1.08. The number of fused-ring (bicyclic) bond motifs is 1. The van der Waals surface area contributed by atoms with Crippen LogP contribution in [0.5, 0.6) is 0 Å². The summed E-state index contributed by atoms with van der Waals surface area (Å²) in [6.07, 6.45) is 6.72. The van der Waals surface area contributed by atoms with Crippen molar-refractivity contribution in [3.63, 3.8) is 0 Å². The number of allylic oxidation sites excluding steroid dienone is 2. The van der Waals surface area contributed by atoms with Crippen molar-refractivity contribution in [3.05, 3.63) is 22.7 Å². The summed E-state index contributed by atoms with van der Waals surface area (Å²) in [7, 11) is 0. The van der Waals surface area contributed by atoms with E-state index in [0.717, 1.165) is 4.48 Å². The number of halogens is 1. The number of carbonyl (C=O) groups excluding carboxylic acids is 1. The Kier molecular flexibility index (Phi) is 1.60. The maximum Gasteiger partial charge on any atom is 0.221 e. The molecule has 2 aliphatic rings. The predicted molar refractivity (Wildman–Crippen MR) is 46.2 cm³/mol. The molecule has 2 unspecified atom stereocenters. The Hall–Kier alpha value is -0.570. The van der Waals surface area contributed by atoms with Crippen LogP contribution in [-0.2, 0) is 4.79 Å². The van der Waals surface area contributed by atoms with E-state index >= 15 is 0 Å². The molecule has 1 saturated heterocycles. The summed E-state index contributed by atoms with van der Waals surface area (Å²) in [6.45, 7) is 0. The topological polar surface area (TPSA) is 29.1 Å². The van der Waals surface area contributed by atoms with E-state index < -0.39 is 0 Å². The summed E-state index contributed by atoms with van der Waals surface area (Å²) in [5, 5.41) is 2.89. The number of hydrogen-bond acceptors (Lipinski definition) is 1. The molecule has 0 spiro atoms. The third-order valence-electron chi connectivity index (χ3n) is 2.05. The van der Waals surface area contributed by atoms with Crippen molar-refractivity contribution in [2.24, 2.45) is 5.92 Å². The zero-order valence-electron chi connectivity index (χ0n) is 5.88. The fraction of sp³-hybridized carbons (Fsp3) is 0.375. The Balaban J connectivity index is 2.23. The van der Waals surface area contributed by atoms with Crippen LogP contribution in [0.25, 0.3) is 0 Å². The van der Waals surface area contributed by atoms with Crippen LogP contribution in [0.3, 0.4) is 0 Å². The van der Waals surface area contributed by atoms with E-state index in [1.807, 2.05) is 12.2 Å². The molecule has 11 heavy (non-hydrogen) atoms. The normalized spacial score (nSPS) is 34.6. The van der Waals surface area contributed by atoms with Gasteiger partial charge >= 0.3 is 0 Å². The maximum atomic E-state index is 10.9. The Bertz CT molecular complexity index is 257. The van der Waals surface area contributed by atoms with Gasteiger partial charge in [-0.3, -0.25) is 4.79 Å². The quantitative estimate of drug-likeness (QED) is 0.647. The van der Waals surface area contributed by atoms with Gasteiger partial charge in [0.25, 0.3) is 0 Å². The van der Waals surface area contributed by atoms with E-state index in [-0.39, 0.29) is 11.9 Å². The van der Waals surface area contributed by atoms with Crippen LogP contribution in [0.2, 0.25) is 0 Å². The highest BCUT2D eigenvalue weighted by Crippen LogP contribution is 2.27. The van der Waals surface area contributed by atoms with Crippen molar-refractivity contribution in [1.29, 1.82) is 0 Å². The van der Waals surface area contributed by atoms with Crippen LogP contribution in [-0.4, -0.2) is 11.9 Å². The third kappa shape index (κ3) is 1.25. The Morgan fingerprint density at radius 1 is 1.64 bits per heavy atom. The van der Waals surface area contributed by atoms with Crippen molar-refractivity contribution in [2.45, 2.75) is 12.5 Å². The largest absolute Gasteiger partial charge is 0.349 e. The van der Waals surface area contributed by atoms with Crippen molar-refractivity contribution >= 4 is 21.8 Å². The number of carbonyl (C=O) groups is 1. The SMILES string of the molecule is O=C1CC2C=C(Br)C=CC2N1. The molecule has 1 heterocycles. The first-order valence-electron chi connectivity index (χ1n) is 3.60. The van der Waals surface area contributed by atoms with Crippen LogP contribution in [0.4, 0.5) is 0 Å². The lowest BCUT2D eigenvalue weighted by atomic mass is 9.96. The summed E-state index contributed by atoms with van der Waals surface area (Å²) >= 11 is 3.38. The molecule has 0 radical (unpaired) electrons. The second-order valence-electron chi connectivity index (χ2n) is 2.87. The van der Waals surface area contributed by atoms with Crippen molar-refractivity contribution in [2.75, 3.05) is 0 Å². The number of hydrogen-bond donors (Lipinski definition) is 1. The van der Waals surface area contributed by atoms with Crippen LogP contribution >= 0.6 is 15.9 Å². The fourth-order valence-electron chi connectivity index (χ4n) is 1.50. The Labute approximate surface area is 73.5 Å². The lowest BCUT2D eigenvalue weighted by Gasteiger charge is -2.14. The van der Waals surface area contributed by atoms with Crippen LogP contribution in [0, 0.1) is 5.92 Å². The summed E-state index contributed by atoms with van der Waals surface area (Å²) in [5.41, 5.74) is 0. The van der Waals surface area contributed by atoms with E-state index in [2.05, 4.69) is 27.3 Å². The monoisotopic (exact) mass is 213 g/mol. The van der Waals surface area contributed by atoms with Gasteiger partial charge in [-0.05, 0) is 0 Å². The molecular formula is C8H8BrNO. The summed E-state index contributed by atoms with van der Waals surface area (Å²) in [4.78, 5) is 10.9. The molecule has 3 heteroatoms. The van der Waals surface area contributed by atoms with Crippen molar-refractivity contribution < 1.29 is 4.79 Å². The van der Waals surface area contributed by atoms with Gasteiger partial charge in [-0.1, -0.05) is 34.2 Å². The Morgan fingerprint density at radius 2 is 2.45 bits per heavy atom. The molecule has 1 fully saturated rings. The summed E-state index contributed by atoms with van der Waals surface area (Å²) in [5.74, 6) is 0.518. The number of rotatable bonds is 0. The van der Waals surface area contributed by atoms with Gasteiger partial charge in [0.05, 0.1) is 6.04 Å². The molecule has 1 N–H and O–H groups in total. The van der Waals surface area contributed by atoms with E-state index in [4.69, 9.17) is 0 Å². The average molecular weight is 214 g/mol. The molecule has 0 saturated carbocycles. The number of amides is 1. The van der Waals surface area contributed by atoms with Gasteiger partial charge in [-0.2, -0.15) is 0 Å². The molecular weight excluding hydrogens is 206 g/mol. The molecule has 0 aromatic rings. The number of nitrogens with one attached hydrogen (secondary N) is 1. The molecule has 1 aliphatic carbocycles. The molecule has 0 bridgehead atoms. The molecule has 2 rings (SSSR count). The van der Waals surface area contributed by atoms with Crippen LogP contribution in [0.15, 0.2) is 22.7 Å². The van der Waals surface area contributed by atoms with Gasteiger partial charge in [0, 0.05) is 16.8 Å². The van der Waals surface area contributed by atoms with E-state index in [9.17, 15) is 4.79 Å². The Morgan fingerprint density at radius 3 is 3.27 bits per heavy atom. The molecule has 2 nitrogen and oxygen atoms in total. The smallest absolute Gasteiger partial charge is 0.221 e. The van der Waals surface area contributed by atoms with Crippen molar-refractivity contribution in [3.8, 4) is 0 Å². The minimum Gasteiger partial charge on any atom is -0.349 e. The first-order valence-corrected chi connectivity index (χ1v) is 4.40. The minimum absolute atomic E-state index is 0.156. The van der Waals surface area contributed by atoms with E-state index in [0.29, 0.717) is 12.3 Å². The van der Waals surface area contributed by atoms with Gasteiger partial charge in [-0.15, -0.1) is 0 Å². The van der Waals surface area contributed by atoms with Gasteiger partial charge in [-0.25, -0.2) is 0 Å². The zero-order chi connectivity index (χ0) is 7.84. The third-order valence-corrected chi connectivity index (χ3v) is 2.57. The predicted octanol–water partition coefficient (Wildman–Crippen LogP) is 1.34. The van der Waals surface area contributed by atoms with Crippen LogP contribution < -0.4 is 5.32 Å². The highest BCUT2D eigenvalue weighted by atomic mass is 79.9. The standard InChI is InChI=1S/C8H8BrNO/c9-6-1-2-7-5(3-6)4-8(11)10-7/h1-3,5,7H,4H2,(H,10,11). The highest BCUT2D eigenvalue weighted by Gasteiger charge is 2.30. The maximum absolute atomic E-state index is 10.9. The second-order valence-corrected chi connectivity index (χ2v) is 3.79. The minimum atomic E-state index is 0.156.